The molecule has 1 aromatic rings. The zero-order chi connectivity index (χ0) is 12.3. The third-order valence-electron chi connectivity index (χ3n) is 2.17. The molecule has 3 N–H and O–H groups in total. The highest BCUT2D eigenvalue weighted by atomic mass is 79.9. The molecule has 6 heteroatoms. The second-order valence-electron chi connectivity index (χ2n) is 3.35. The van der Waals surface area contributed by atoms with Gasteiger partial charge in [-0.3, -0.25) is 0 Å². The lowest BCUT2D eigenvalue weighted by Crippen LogP contribution is -2.13. The second kappa shape index (κ2) is 5.16. The Morgan fingerprint density at radius 2 is 2.00 bits per heavy atom. The first-order valence-electron chi connectivity index (χ1n) is 4.59. The Labute approximate surface area is 99.4 Å². The fraction of sp³-hybridized carbons (Fsp3) is 0.400. The number of aliphatic hydroxyl groups excluding tert-OH is 1. The molecule has 0 amide bonds. The van der Waals surface area contributed by atoms with Crippen molar-refractivity contribution in [2.45, 2.75) is 18.6 Å². The van der Waals surface area contributed by atoms with E-state index in [2.05, 4.69) is 15.9 Å². The van der Waals surface area contributed by atoms with Crippen LogP contribution in [0.3, 0.4) is 0 Å². The van der Waals surface area contributed by atoms with Gasteiger partial charge in [-0.15, -0.1) is 0 Å². The molecule has 0 aliphatic heterocycles. The Kier molecular flexibility index (Phi) is 4.35. The number of rotatable bonds is 3. The summed E-state index contributed by atoms with van der Waals surface area (Å²) >= 11 is 3.05. The quantitative estimate of drug-likeness (QED) is 0.901. The summed E-state index contributed by atoms with van der Waals surface area (Å²) in [6.45, 7) is -0.103. The topological polar surface area (TPSA) is 46.2 Å². The largest absolute Gasteiger partial charge is 0.416 e. The van der Waals surface area contributed by atoms with Crippen LogP contribution in [0, 0.1) is 0 Å². The van der Waals surface area contributed by atoms with Crippen molar-refractivity contribution in [2.75, 3.05) is 6.61 Å². The van der Waals surface area contributed by atoms with Gasteiger partial charge < -0.3 is 10.8 Å². The molecule has 16 heavy (non-hydrogen) atoms. The van der Waals surface area contributed by atoms with Gasteiger partial charge in [-0.25, -0.2) is 0 Å². The number of benzene rings is 1. The summed E-state index contributed by atoms with van der Waals surface area (Å²) in [6.07, 6.45) is -4.05. The van der Waals surface area contributed by atoms with Gasteiger partial charge >= 0.3 is 6.18 Å². The molecular formula is C10H11BrF3NO. The Bertz CT molecular complexity index is 368. The van der Waals surface area contributed by atoms with Crippen LogP contribution in [0.5, 0.6) is 0 Å². The van der Waals surface area contributed by atoms with Crippen LogP contribution in [0.4, 0.5) is 13.2 Å². The van der Waals surface area contributed by atoms with Gasteiger partial charge in [0.2, 0.25) is 0 Å². The Hall–Kier alpha value is -0.590. The van der Waals surface area contributed by atoms with Gasteiger partial charge in [0.15, 0.2) is 0 Å². The van der Waals surface area contributed by atoms with Crippen LogP contribution in [0.1, 0.15) is 23.6 Å². The van der Waals surface area contributed by atoms with Gasteiger partial charge in [-0.2, -0.15) is 13.2 Å². The average Bonchev–Trinajstić information content (AvgIpc) is 2.16. The number of aliphatic hydroxyl groups is 1. The summed E-state index contributed by atoms with van der Waals surface area (Å²) in [5.74, 6) is 0. The number of alkyl halides is 3. The maximum Gasteiger partial charge on any atom is 0.416 e. The minimum atomic E-state index is -4.36. The monoisotopic (exact) mass is 297 g/mol. The van der Waals surface area contributed by atoms with E-state index in [1.165, 1.54) is 6.07 Å². The van der Waals surface area contributed by atoms with E-state index < -0.39 is 17.8 Å². The predicted molar refractivity (Wildman–Crippen MR) is 57.8 cm³/mol. The Morgan fingerprint density at radius 3 is 2.44 bits per heavy atom. The summed E-state index contributed by atoms with van der Waals surface area (Å²) in [6, 6.07) is 2.83. The zero-order valence-electron chi connectivity index (χ0n) is 8.26. The second-order valence-corrected chi connectivity index (χ2v) is 4.21. The summed E-state index contributed by atoms with van der Waals surface area (Å²) in [5.41, 5.74) is 5.53. The zero-order valence-corrected chi connectivity index (χ0v) is 9.85. The highest BCUT2D eigenvalue weighted by Gasteiger charge is 2.31. The number of halogens is 4. The van der Waals surface area contributed by atoms with Gasteiger partial charge in [-0.1, -0.05) is 22.0 Å². The normalized spacial score (nSPS) is 13.9. The molecule has 0 aromatic heterocycles. The van der Waals surface area contributed by atoms with Crippen molar-refractivity contribution in [3.05, 3.63) is 33.8 Å². The Balaban J connectivity index is 3.00. The van der Waals surface area contributed by atoms with Crippen LogP contribution >= 0.6 is 15.9 Å². The third-order valence-corrected chi connectivity index (χ3v) is 2.85. The summed E-state index contributed by atoms with van der Waals surface area (Å²) in [4.78, 5) is 0. The highest BCUT2D eigenvalue weighted by Crippen LogP contribution is 2.33. The van der Waals surface area contributed by atoms with Crippen molar-refractivity contribution in [2.24, 2.45) is 5.73 Å². The van der Waals surface area contributed by atoms with E-state index in [9.17, 15) is 13.2 Å². The van der Waals surface area contributed by atoms with E-state index in [0.29, 0.717) is 16.5 Å². The standard InChI is InChI=1S/C10H11BrF3NO/c11-8-5-6(10(12,13)14)1-2-7(8)9(15)3-4-16/h1-2,5,9,16H,3-4,15H2/t9-/m0/s1. The van der Waals surface area contributed by atoms with E-state index in [4.69, 9.17) is 10.8 Å². The van der Waals surface area contributed by atoms with Crippen molar-refractivity contribution in [1.29, 1.82) is 0 Å². The lowest BCUT2D eigenvalue weighted by atomic mass is 10.0. The minimum absolute atomic E-state index is 0.103. The van der Waals surface area contributed by atoms with Gasteiger partial charge in [0, 0.05) is 17.1 Å². The van der Waals surface area contributed by atoms with E-state index in [0.717, 1.165) is 12.1 Å². The smallest absolute Gasteiger partial charge is 0.396 e. The van der Waals surface area contributed by atoms with Crippen LogP contribution in [0.15, 0.2) is 22.7 Å². The number of hydrogen-bond donors (Lipinski definition) is 2. The van der Waals surface area contributed by atoms with E-state index in [1.54, 1.807) is 0 Å². The maximum absolute atomic E-state index is 12.4. The predicted octanol–water partition coefficient (Wildman–Crippen LogP) is 2.85. The summed E-state index contributed by atoms with van der Waals surface area (Å²) in [7, 11) is 0. The SMILES string of the molecule is N[C@@H](CCO)c1ccc(C(F)(F)F)cc1Br. The van der Waals surface area contributed by atoms with Crippen LogP contribution < -0.4 is 5.73 Å². The van der Waals surface area contributed by atoms with Crippen LogP contribution in [-0.4, -0.2) is 11.7 Å². The first kappa shape index (κ1) is 13.5. The van der Waals surface area contributed by atoms with Crippen molar-refractivity contribution in [3.8, 4) is 0 Å². The lowest BCUT2D eigenvalue weighted by Gasteiger charge is -2.14. The molecule has 2 nitrogen and oxygen atoms in total. The molecule has 0 radical (unpaired) electrons. The van der Waals surface area contributed by atoms with Gasteiger partial charge in [0.25, 0.3) is 0 Å². The highest BCUT2D eigenvalue weighted by molar-refractivity contribution is 9.10. The van der Waals surface area contributed by atoms with Crippen LogP contribution in [0.2, 0.25) is 0 Å². The van der Waals surface area contributed by atoms with Crippen LogP contribution in [0.25, 0.3) is 0 Å². The molecule has 90 valence electrons. The first-order chi connectivity index (χ1) is 7.36. The molecule has 0 aliphatic carbocycles. The molecular weight excluding hydrogens is 287 g/mol. The molecule has 1 rings (SSSR count). The van der Waals surface area contributed by atoms with Crippen molar-refractivity contribution < 1.29 is 18.3 Å². The maximum atomic E-state index is 12.4. The molecule has 0 saturated carbocycles. The van der Waals surface area contributed by atoms with Crippen molar-refractivity contribution >= 4 is 15.9 Å². The first-order valence-corrected chi connectivity index (χ1v) is 5.38. The summed E-state index contributed by atoms with van der Waals surface area (Å²) in [5, 5.41) is 8.70. The fourth-order valence-corrected chi connectivity index (χ4v) is 1.97. The molecule has 0 spiro atoms. The molecule has 0 saturated heterocycles. The molecule has 0 aliphatic rings. The number of hydrogen-bond acceptors (Lipinski definition) is 2. The van der Waals surface area contributed by atoms with Crippen molar-refractivity contribution in [3.63, 3.8) is 0 Å². The molecule has 1 aromatic carbocycles. The molecule has 0 fully saturated rings. The van der Waals surface area contributed by atoms with E-state index in [1.807, 2.05) is 0 Å². The molecule has 1 atom stereocenters. The fourth-order valence-electron chi connectivity index (χ4n) is 1.30. The van der Waals surface area contributed by atoms with Gasteiger partial charge in [0.1, 0.15) is 0 Å². The molecule has 0 heterocycles. The van der Waals surface area contributed by atoms with E-state index >= 15 is 0 Å². The number of nitrogens with two attached hydrogens (primary N) is 1. The Morgan fingerprint density at radius 1 is 1.38 bits per heavy atom. The lowest BCUT2D eigenvalue weighted by molar-refractivity contribution is -0.137. The van der Waals surface area contributed by atoms with Gasteiger partial charge in [0.05, 0.1) is 5.56 Å². The van der Waals surface area contributed by atoms with Crippen molar-refractivity contribution in [1.82, 2.24) is 0 Å². The average molecular weight is 298 g/mol. The van der Waals surface area contributed by atoms with Gasteiger partial charge in [-0.05, 0) is 24.1 Å². The molecule has 0 bridgehead atoms. The minimum Gasteiger partial charge on any atom is -0.396 e. The van der Waals surface area contributed by atoms with E-state index in [-0.39, 0.29) is 6.61 Å². The molecule has 0 unspecified atom stereocenters. The third kappa shape index (κ3) is 3.20. The van der Waals surface area contributed by atoms with Crippen LogP contribution in [-0.2, 0) is 6.18 Å². The summed E-state index contributed by atoms with van der Waals surface area (Å²) < 4.78 is 37.4.